The largest absolute Gasteiger partial charge is 0.387 e. The maximum atomic E-state index is 7.37. The van der Waals surface area contributed by atoms with Gasteiger partial charge in [-0.05, 0) is 27.0 Å². The molecule has 0 aliphatic rings. The average Bonchev–Trinajstić information content (AvgIpc) is 2.65. The molecule has 96 valence electrons. The maximum absolute atomic E-state index is 7.37. The third-order valence-corrected chi connectivity index (χ3v) is 2.74. The van der Waals surface area contributed by atoms with Crippen molar-refractivity contribution in [2.45, 2.75) is 33.4 Å². The molecule has 0 aromatic carbocycles. The zero-order valence-corrected chi connectivity index (χ0v) is 11.1. The predicted molar refractivity (Wildman–Crippen MR) is 70.0 cm³/mol. The fraction of sp³-hybridized carbons (Fsp3) is 0.667. The van der Waals surface area contributed by atoms with Crippen molar-refractivity contribution in [1.82, 2.24) is 14.7 Å². The van der Waals surface area contributed by atoms with Gasteiger partial charge >= 0.3 is 0 Å². The highest BCUT2D eigenvalue weighted by Gasteiger charge is 2.10. The van der Waals surface area contributed by atoms with Crippen LogP contribution in [-0.2, 0) is 6.54 Å². The third-order valence-electron chi connectivity index (χ3n) is 2.74. The zero-order chi connectivity index (χ0) is 13.0. The van der Waals surface area contributed by atoms with Crippen LogP contribution >= 0.6 is 0 Å². The lowest BCUT2D eigenvalue weighted by Crippen LogP contribution is -2.31. The van der Waals surface area contributed by atoms with E-state index < -0.39 is 0 Å². The Hall–Kier alpha value is -1.36. The van der Waals surface area contributed by atoms with Gasteiger partial charge < -0.3 is 5.73 Å². The summed E-state index contributed by atoms with van der Waals surface area (Å²) < 4.78 is 1.96. The van der Waals surface area contributed by atoms with Gasteiger partial charge in [0.1, 0.15) is 0 Å². The Kier molecular flexibility index (Phi) is 4.69. The van der Waals surface area contributed by atoms with Gasteiger partial charge in [0.05, 0.1) is 11.5 Å². The molecule has 0 saturated carbocycles. The van der Waals surface area contributed by atoms with Crippen LogP contribution in [-0.4, -0.2) is 34.1 Å². The summed E-state index contributed by atoms with van der Waals surface area (Å²) >= 11 is 0. The second-order valence-corrected chi connectivity index (χ2v) is 4.93. The summed E-state index contributed by atoms with van der Waals surface area (Å²) in [5.41, 5.74) is 6.51. The van der Waals surface area contributed by atoms with Gasteiger partial charge in [-0.3, -0.25) is 15.0 Å². The Labute approximate surface area is 103 Å². The molecule has 0 fully saturated rings. The third kappa shape index (κ3) is 4.19. The molecule has 5 nitrogen and oxygen atoms in total. The van der Waals surface area contributed by atoms with Crippen molar-refractivity contribution in [1.29, 1.82) is 5.41 Å². The normalized spacial score (nSPS) is 13.3. The fourth-order valence-corrected chi connectivity index (χ4v) is 1.66. The summed E-state index contributed by atoms with van der Waals surface area (Å²) in [6.45, 7) is 7.75. The summed E-state index contributed by atoms with van der Waals surface area (Å²) in [7, 11) is 2.02. The molecule has 1 aromatic rings. The molecule has 0 saturated heterocycles. The van der Waals surface area contributed by atoms with Crippen molar-refractivity contribution in [2.24, 2.45) is 11.7 Å². The van der Waals surface area contributed by atoms with E-state index in [1.165, 1.54) is 0 Å². The van der Waals surface area contributed by atoms with Crippen LogP contribution in [0.15, 0.2) is 12.3 Å². The van der Waals surface area contributed by atoms with Gasteiger partial charge in [0, 0.05) is 31.2 Å². The Balaban J connectivity index is 2.50. The summed E-state index contributed by atoms with van der Waals surface area (Å²) in [4.78, 5) is 2.14. The van der Waals surface area contributed by atoms with E-state index in [1.54, 1.807) is 0 Å². The van der Waals surface area contributed by atoms with E-state index >= 15 is 0 Å². The molecule has 1 aromatic heterocycles. The van der Waals surface area contributed by atoms with E-state index in [9.17, 15) is 0 Å². The Bertz CT molecular complexity index is 369. The maximum Gasteiger partial charge on any atom is 0.0947 e. The average molecular weight is 237 g/mol. The predicted octanol–water partition coefficient (Wildman–Crippen LogP) is 1.47. The first kappa shape index (κ1) is 13.7. The van der Waals surface area contributed by atoms with Crippen LogP contribution in [0.1, 0.15) is 32.5 Å². The highest BCUT2D eigenvalue weighted by Crippen LogP contribution is 2.07. The number of hydrogen-bond acceptors (Lipinski definition) is 3. The van der Waals surface area contributed by atoms with Crippen LogP contribution in [0.25, 0.3) is 0 Å². The first-order valence-corrected chi connectivity index (χ1v) is 5.96. The van der Waals surface area contributed by atoms with E-state index in [1.807, 2.05) is 30.9 Å². The van der Waals surface area contributed by atoms with Crippen molar-refractivity contribution in [3.8, 4) is 0 Å². The molecule has 1 atom stereocenters. The van der Waals surface area contributed by atoms with Gasteiger partial charge in [0.25, 0.3) is 0 Å². The summed E-state index contributed by atoms with van der Waals surface area (Å²) in [6, 6.07) is 2.43. The van der Waals surface area contributed by atoms with Gasteiger partial charge in [-0.15, -0.1) is 0 Å². The van der Waals surface area contributed by atoms with E-state index in [2.05, 4.69) is 23.8 Å². The SMILES string of the molecule is CC(CN(C)Cc1ccn(C(C)C)n1)C(=N)N. The Morgan fingerprint density at radius 1 is 1.53 bits per heavy atom. The summed E-state index contributed by atoms with van der Waals surface area (Å²) in [5.74, 6) is 0.330. The molecule has 0 spiro atoms. The second-order valence-electron chi connectivity index (χ2n) is 4.93. The highest BCUT2D eigenvalue weighted by atomic mass is 15.3. The lowest BCUT2D eigenvalue weighted by molar-refractivity contribution is 0.301. The summed E-state index contributed by atoms with van der Waals surface area (Å²) in [6.07, 6.45) is 2.00. The molecule has 0 bridgehead atoms. The molecule has 5 heteroatoms. The minimum atomic E-state index is 0.0900. The smallest absolute Gasteiger partial charge is 0.0947 e. The standard InChI is InChI=1S/C12H23N5/c1-9(2)17-6-5-11(15-17)8-16(4)7-10(3)12(13)14/h5-6,9-10H,7-8H2,1-4H3,(H3,13,14). The van der Waals surface area contributed by atoms with Crippen LogP contribution in [0.3, 0.4) is 0 Å². The van der Waals surface area contributed by atoms with E-state index in [-0.39, 0.29) is 11.8 Å². The van der Waals surface area contributed by atoms with Crippen LogP contribution in [0.2, 0.25) is 0 Å². The van der Waals surface area contributed by atoms with Gasteiger partial charge in [0.2, 0.25) is 0 Å². The minimum Gasteiger partial charge on any atom is -0.387 e. The van der Waals surface area contributed by atoms with Crippen molar-refractivity contribution in [3.05, 3.63) is 18.0 Å². The molecule has 0 aliphatic carbocycles. The number of hydrogen-bond donors (Lipinski definition) is 2. The number of nitrogens with one attached hydrogen (secondary N) is 1. The monoisotopic (exact) mass is 237 g/mol. The van der Waals surface area contributed by atoms with Crippen molar-refractivity contribution >= 4 is 5.84 Å². The first-order chi connectivity index (χ1) is 7.90. The second kappa shape index (κ2) is 5.82. The van der Waals surface area contributed by atoms with Crippen LogP contribution in [0, 0.1) is 11.3 Å². The van der Waals surface area contributed by atoms with E-state index in [4.69, 9.17) is 11.1 Å². The van der Waals surface area contributed by atoms with E-state index in [0.29, 0.717) is 6.04 Å². The zero-order valence-electron chi connectivity index (χ0n) is 11.1. The summed E-state index contributed by atoms with van der Waals surface area (Å²) in [5, 5.41) is 11.9. The van der Waals surface area contributed by atoms with E-state index in [0.717, 1.165) is 18.8 Å². The molecule has 3 N–H and O–H groups in total. The molecule has 17 heavy (non-hydrogen) atoms. The molecular weight excluding hydrogens is 214 g/mol. The fourth-order valence-electron chi connectivity index (χ4n) is 1.66. The van der Waals surface area contributed by atoms with Crippen molar-refractivity contribution in [2.75, 3.05) is 13.6 Å². The van der Waals surface area contributed by atoms with Crippen molar-refractivity contribution < 1.29 is 0 Å². The van der Waals surface area contributed by atoms with Crippen LogP contribution < -0.4 is 5.73 Å². The van der Waals surface area contributed by atoms with Gasteiger partial charge in [-0.1, -0.05) is 6.92 Å². The topological polar surface area (TPSA) is 70.9 Å². The number of nitrogens with zero attached hydrogens (tertiary/aromatic N) is 3. The van der Waals surface area contributed by atoms with Gasteiger partial charge in [-0.2, -0.15) is 5.10 Å². The molecule has 0 radical (unpaired) electrons. The number of rotatable bonds is 6. The molecule has 1 rings (SSSR count). The minimum absolute atomic E-state index is 0.0900. The Morgan fingerprint density at radius 2 is 2.18 bits per heavy atom. The lowest BCUT2D eigenvalue weighted by atomic mass is 10.1. The number of amidine groups is 1. The first-order valence-electron chi connectivity index (χ1n) is 5.96. The highest BCUT2D eigenvalue weighted by molar-refractivity contribution is 5.79. The van der Waals surface area contributed by atoms with Gasteiger partial charge in [-0.25, -0.2) is 0 Å². The molecule has 0 aliphatic heterocycles. The van der Waals surface area contributed by atoms with Crippen LogP contribution in [0.5, 0.6) is 0 Å². The molecular formula is C12H23N5. The Morgan fingerprint density at radius 3 is 2.65 bits per heavy atom. The van der Waals surface area contributed by atoms with Crippen LogP contribution in [0.4, 0.5) is 0 Å². The van der Waals surface area contributed by atoms with Crippen molar-refractivity contribution in [3.63, 3.8) is 0 Å². The number of nitrogens with two attached hydrogens (primary N) is 1. The molecule has 1 heterocycles. The lowest BCUT2D eigenvalue weighted by Gasteiger charge is -2.19. The quantitative estimate of drug-likeness (QED) is 0.581. The number of aromatic nitrogens is 2. The molecule has 1 unspecified atom stereocenters. The molecule has 0 amide bonds. The van der Waals surface area contributed by atoms with Gasteiger partial charge in [0.15, 0.2) is 0 Å².